The molecule has 0 aromatic heterocycles. The monoisotopic (exact) mass is 244 g/mol. The maximum absolute atomic E-state index is 11.5. The van der Waals surface area contributed by atoms with Crippen LogP contribution in [0.25, 0.3) is 0 Å². The lowest BCUT2D eigenvalue weighted by molar-refractivity contribution is -0.385. The molecule has 0 unspecified atom stereocenters. The Morgan fingerprint density at radius 2 is 2.06 bits per heavy atom. The van der Waals surface area contributed by atoms with E-state index in [1.165, 1.54) is 12.1 Å². The summed E-state index contributed by atoms with van der Waals surface area (Å²) < 4.78 is 23.0. The molecule has 1 rings (SSSR count). The number of nitro groups is 1. The van der Waals surface area contributed by atoms with Gasteiger partial charge in [0.25, 0.3) is 5.69 Å². The first-order chi connectivity index (χ1) is 7.33. The first kappa shape index (κ1) is 12.1. The number of primary amides is 1. The summed E-state index contributed by atoms with van der Waals surface area (Å²) in [4.78, 5) is 19.9. The molecule has 1 aromatic carbocycles. The molecular weight excluding hydrogens is 236 g/mol. The van der Waals surface area contributed by atoms with Crippen molar-refractivity contribution >= 4 is 21.4 Å². The molecule has 16 heavy (non-hydrogen) atoms. The van der Waals surface area contributed by atoms with Crippen molar-refractivity contribution in [2.75, 3.05) is 5.75 Å². The Morgan fingerprint density at radius 3 is 2.56 bits per heavy atom. The molecule has 0 saturated heterocycles. The standard InChI is InChI=1S/C8H8N2O5S/c9-8(11)5-16(14,15)7-3-1-2-6(4-7)10(12)13/h1-4H,5H2,(H2,9,11). The summed E-state index contributed by atoms with van der Waals surface area (Å²) in [5.41, 5.74) is 4.41. The zero-order valence-corrected chi connectivity index (χ0v) is 8.81. The number of rotatable bonds is 4. The number of non-ortho nitro benzene ring substituents is 1. The van der Waals surface area contributed by atoms with Gasteiger partial charge < -0.3 is 5.73 Å². The molecule has 2 N–H and O–H groups in total. The van der Waals surface area contributed by atoms with Crippen molar-refractivity contribution in [1.82, 2.24) is 0 Å². The van der Waals surface area contributed by atoms with Gasteiger partial charge in [-0.2, -0.15) is 0 Å². The van der Waals surface area contributed by atoms with Crippen molar-refractivity contribution in [1.29, 1.82) is 0 Å². The van der Waals surface area contributed by atoms with Gasteiger partial charge in [0.15, 0.2) is 9.84 Å². The van der Waals surface area contributed by atoms with Crippen LogP contribution in [0, 0.1) is 10.1 Å². The summed E-state index contributed by atoms with van der Waals surface area (Å²) in [5.74, 6) is -1.87. The van der Waals surface area contributed by atoms with Gasteiger partial charge in [0, 0.05) is 12.1 Å². The molecule has 0 atom stereocenters. The van der Waals surface area contributed by atoms with E-state index in [0.717, 1.165) is 12.1 Å². The lowest BCUT2D eigenvalue weighted by Gasteiger charge is -2.01. The van der Waals surface area contributed by atoms with Crippen LogP contribution in [0.1, 0.15) is 0 Å². The van der Waals surface area contributed by atoms with Gasteiger partial charge in [-0.1, -0.05) is 6.07 Å². The second-order valence-electron chi connectivity index (χ2n) is 2.98. The summed E-state index contributed by atoms with van der Waals surface area (Å²) in [5, 5.41) is 10.4. The number of nitrogens with two attached hydrogens (primary N) is 1. The largest absolute Gasteiger partial charge is 0.369 e. The highest BCUT2D eigenvalue weighted by molar-refractivity contribution is 7.92. The third-order valence-electron chi connectivity index (χ3n) is 1.72. The molecule has 1 amide bonds. The number of hydrogen-bond acceptors (Lipinski definition) is 5. The van der Waals surface area contributed by atoms with Crippen LogP contribution in [0.5, 0.6) is 0 Å². The second-order valence-corrected chi connectivity index (χ2v) is 4.97. The number of nitrogens with zero attached hydrogens (tertiary/aromatic N) is 1. The fourth-order valence-electron chi connectivity index (χ4n) is 1.06. The zero-order valence-electron chi connectivity index (χ0n) is 7.99. The van der Waals surface area contributed by atoms with Crippen LogP contribution < -0.4 is 5.73 Å². The van der Waals surface area contributed by atoms with Gasteiger partial charge in [0.1, 0.15) is 5.75 Å². The number of sulfone groups is 1. The maximum Gasteiger partial charge on any atom is 0.270 e. The average Bonchev–Trinajstić information content (AvgIpc) is 2.16. The van der Waals surface area contributed by atoms with Gasteiger partial charge in [-0.25, -0.2) is 8.42 Å². The number of carbonyl (C=O) groups excluding carboxylic acids is 1. The van der Waals surface area contributed by atoms with Crippen LogP contribution in [-0.4, -0.2) is 25.0 Å². The SMILES string of the molecule is NC(=O)CS(=O)(=O)c1cccc([N+](=O)[O-])c1. The summed E-state index contributed by atoms with van der Waals surface area (Å²) in [7, 11) is -3.89. The molecule has 0 bridgehead atoms. The van der Waals surface area contributed by atoms with Crippen molar-refractivity contribution in [2.45, 2.75) is 4.90 Å². The third-order valence-corrected chi connectivity index (χ3v) is 3.36. The number of benzene rings is 1. The van der Waals surface area contributed by atoms with Crippen molar-refractivity contribution in [2.24, 2.45) is 5.73 Å². The highest BCUT2D eigenvalue weighted by Crippen LogP contribution is 2.18. The molecule has 7 nitrogen and oxygen atoms in total. The van der Waals surface area contributed by atoms with E-state index in [1.54, 1.807) is 0 Å². The van der Waals surface area contributed by atoms with Crippen LogP contribution in [0.3, 0.4) is 0 Å². The van der Waals surface area contributed by atoms with Gasteiger partial charge in [-0.3, -0.25) is 14.9 Å². The van der Waals surface area contributed by atoms with Gasteiger partial charge >= 0.3 is 0 Å². The molecular formula is C8H8N2O5S. The second kappa shape index (κ2) is 4.27. The molecule has 0 spiro atoms. The average molecular weight is 244 g/mol. The fourth-order valence-corrected chi connectivity index (χ4v) is 2.19. The van der Waals surface area contributed by atoms with E-state index in [4.69, 9.17) is 5.73 Å². The van der Waals surface area contributed by atoms with Crippen LogP contribution in [0.2, 0.25) is 0 Å². The number of hydrogen-bond donors (Lipinski definition) is 1. The van der Waals surface area contributed by atoms with E-state index in [9.17, 15) is 23.3 Å². The molecule has 8 heteroatoms. The molecule has 0 saturated carbocycles. The minimum atomic E-state index is -3.89. The molecule has 0 aliphatic heterocycles. The van der Waals surface area contributed by atoms with Crippen molar-refractivity contribution in [3.8, 4) is 0 Å². The maximum atomic E-state index is 11.5. The normalized spacial score (nSPS) is 11.0. The highest BCUT2D eigenvalue weighted by Gasteiger charge is 2.19. The number of carbonyl (C=O) groups is 1. The van der Waals surface area contributed by atoms with Crippen molar-refractivity contribution in [3.05, 3.63) is 34.4 Å². The van der Waals surface area contributed by atoms with E-state index in [0.29, 0.717) is 0 Å². The van der Waals surface area contributed by atoms with Crippen molar-refractivity contribution < 1.29 is 18.1 Å². The first-order valence-corrected chi connectivity index (χ1v) is 5.73. The first-order valence-electron chi connectivity index (χ1n) is 4.08. The minimum absolute atomic E-state index is 0.291. The predicted octanol–water partition coefficient (Wildman–Crippen LogP) is -0.146. The summed E-state index contributed by atoms with van der Waals surface area (Å²) in [6, 6.07) is 4.44. The topological polar surface area (TPSA) is 120 Å². The molecule has 0 aliphatic rings. The molecule has 0 aliphatic carbocycles. The van der Waals surface area contributed by atoms with Crippen LogP contribution >= 0.6 is 0 Å². The molecule has 86 valence electrons. The van der Waals surface area contributed by atoms with E-state index in [2.05, 4.69) is 0 Å². The van der Waals surface area contributed by atoms with Crippen LogP contribution in [0.4, 0.5) is 5.69 Å². The van der Waals surface area contributed by atoms with Gasteiger partial charge in [-0.05, 0) is 6.07 Å². The lowest BCUT2D eigenvalue weighted by Crippen LogP contribution is -2.23. The molecule has 1 aromatic rings. The quantitative estimate of drug-likeness (QED) is 0.583. The Balaban J connectivity index is 3.19. The zero-order chi connectivity index (χ0) is 12.3. The third kappa shape index (κ3) is 2.76. The Morgan fingerprint density at radius 1 is 1.44 bits per heavy atom. The number of amides is 1. The van der Waals surface area contributed by atoms with Gasteiger partial charge in [0.2, 0.25) is 5.91 Å². The molecule has 0 radical (unpaired) electrons. The Hall–Kier alpha value is -1.96. The minimum Gasteiger partial charge on any atom is -0.369 e. The highest BCUT2D eigenvalue weighted by atomic mass is 32.2. The van der Waals surface area contributed by atoms with Crippen LogP contribution in [-0.2, 0) is 14.6 Å². The Labute approximate surface area is 90.9 Å². The Bertz CT molecular complexity index is 537. The van der Waals surface area contributed by atoms with Crippen LogP contribution in [0.15, 0.2) is 29.2 Å². The van der Waals surface area contributed by atoms with Crippen molar-refractivity contribution in [3.63, 3.8) is 0 Å². The summed E-state index contributed by atoms with van der Waals surface area (Å²) >= 11 is 0. The summed E-state index contributed by atoms with van der Waals surface area (Å²) in [6.07, 6.45) is 0. The van der Waals surface area contributed by atoms with E-state index < -0.39 is 26.4 Å². The van der Waals surface area contributed by atoms with E-state index in [-0.39, 0.29) is 10.6 Å². The Kier molecular flexibility index (Phi) is 3.23. The fraction of sp³-hybridized carbons (Fsp3) is 0.125. The van der Waals surface area contributed by atoms with E-state index in [1.807, 2.05) is 0 Å². The predicted molar refractivity (Wildman–Crippen MR) is 54.3 cm³/mol. The van der Waals surface area contributed by atoms with Gasteiger partial charge in [0.05, 0.1) is 9.82 Å². The lowest BCUT2D eigenvalue weighted by atomic mass is 10.3. The van der Waals surface area contributed by atoms with Gasteiger partial charge in [-0.15, -0.1) is 0 Å². The smallest absolute Gasteiger partial charge is 0.270 e. The molecule has 0 heterocycles. The van der Waals surface area contributed by atoms with E-state index >= 15 is 0 Å². The molecule has 0 fully saturated rings. The number of nitro benzene ring substituents is 1. The summed E-state index contributed by atoms with van der Waals surface area (Å²) in [6.45, 7) is 0.